The number of amides is 1. The third-order valence-corrected chi connectivity index (χ3v) is 5.97. The second kappa shape index (κ2) is 9.08. The molecule has 1 fully saturated rings. The van der Waals surface area contributed by atoms with Crippen LogP contribution in [0, 0.1) is 13.8 Å². The van der Waals surface area contributed by atoms with Gasteiger partial charge in [-0.3, -0.25) is 9.59 Å². The molecular formula is C22H25N11O2. The van der Waals surface area contributed by atoms with Crippen molar-refractivity contribution in [3.05, 3.63) is 65.0 Å². The highest BCUT2D eigenvalue weighted by atomic mass is 16.2. The van der Waals surface area contributed by atoms with Crippen LogP contribution in [0.2, 0.25) is 0 Å². The molecule has 13 nitrogen and oxygen atoms in total. The van der Waals surface area contributed by atoms with Crippen LogP contribution in [-0.2, 0) is 4.79 Å². The molecule has 5 rings (SSSR count). The normalized spacial score (nSPS) is 14.8. The summed E-state index contributed by atoms with van der Waals surface area (Å²) in [6.07, 6.45) is 4.50. The average Bonchev–Trinajstić information content (AvgIpc) is 3.53. The maximum atomic E-state index is 13.3. The second-order valence-corrected chi connectivity index (χ2v) is 8.38. The van der Waals surface area contributed by atoms with Gasteiger partial charge < -0.3 is 9.80 Å². The van der Waals surface area contributed by atoms with Crippen LogP contribution >= 0.6 is 0 Å². The molecule has 0 spiro atoms. The lowest BCUT2D eigenvalue weighted by atomic mass is 10.2. The summed E-state index contributed by atoms with van der Waals surface area (Å²) >= 11 is 0. The van der Waals surface area contributed by atoms with Crippen LogP contribution in [0.3, 0.4) is 0 Å². The Hall–Kier alpha value is -4.42. The molecule has 1 saturated heterocycles. The van der Waals surface area contributed by atoms with E-state index in [1.165, 1.54) is 23.4 Å². The number of nitrogens with zero attached hydrogens (tertiary/aromatic N) is 11. The minimum Gasteiger partial charge on any atom is -0.353 e. The first-order chi connectivity index (χ1) is 16.9. The van der Waals surface area contributed by atoms with Gasteiger partial charge in [0.2, 0.25) is 5.91 Å². The number of piperazine rings is 1. The van der Waals surface area contributed by atoms with Crippen LogP contribution in [0.4, 0.5) is 5.82 Å². The highest BCUT2D eigenvalue weighted by Crippen LogP contribution is 2.17. The zero-order chi connectivity index (χ0) is 24.5. The fourth-order valence-electron chi connectivity index (χ4n) is 4.15. The molecular weight excluding hydrogens is 450 g/mol. The van der Waals surface area contributed by atoms with E-state index in [-0.39, 0.29) is 11.5 Å². The molecule has 1 amide bonds. The van der Waals surface area contributed by atoms with E-state index in [0.717, 1.165) is 17.2 Å². The number of anilines is 1. The lowest BCUT2D eigenvalue weighted by Crippen LogP contribution is -2.51. The van der Waals surface area contributed by atoms with Gasteiger partial charge in [0.1, 0.15) is 30.8 Å². The van der Waals surface area contributed by atoms with Crippen molar-refractivity contribution in [1.82, 2.24) is 49.2 Å². The molecule has 4 aromatic rings. The van der Waals surface area contributed by atoms with Crippen molar-refractivity contribution in [3.63, 3.8) is 0 Å². The number of hydrogen-bond acceptors (Lipinski definition) is 9. The number of rotatable bonds is 5. The number of hydrogen-bond donors (Lipinski definition) is 0. The smallest absolute Gasteiger partial charge is 0.267 e. The van der Waals surface area contributed by atoms with Crippen molar-refractivity contribution >= 4 is 11.7 Å². The van der Waals surface area contributed by atoms with Crippen LogP contribution in [0.25, 0.3) is 11.6 Å². The van der Waals surface area contributed by atoms with Crippen LogP contribution < -0.4 is 10.5 Å². The molecule has 1 aliphatic rings. The standard InChI is InChI=1S/C22H25N11O2/c1-15-10-16(2)32(27-15)18-4-5-21(34)33(28-18)17(3)22(35)30-8-6-29(7-9-30)19-11-20(25-13-24-19)31-14-23-12-26-31/h4-5,10-14,17H,6-9H2,1-3H3. The number of carbonyl (C=O) groups is 1. The van der Waals surface area contributed by atoms with E-state index in [2.05, 4.69) is 35.1 Å². The maximum Gasteiger partial charge on any atom is 0.267 e. The van der Waals surface area contributed by atoms with Gasteiger partial charge in [0.25, 0.3) is 5.56 Å². The molecule has 180 valence electrons. The van der Waals surface area contributed by atoms with Crippen LogP contribution in [0.5, 0.6) is 0 Å². The first kappa shape index (κ1) is 22.4. The summed E-state index contributed by atoms with van der Waals surface area (Å²) in [6, 6.07) is 6.05. The van der Waals surface area contributed by atoms with Crippen molar-refractivity contribution in [2.24, 2.45) is 0 Å². The van der Waals surface area contributed by atoms with Gasteiger partial charge in [-0.15, -0.1) is 5.10 Å². The molecule has 1 atom stereocenters. The quantitative estimate of drug-likeness (QED) is 0.400. The summed E-state index contributed by atoms with van der Waals surface area (Å²) in [6.45, 7) is 7.69. The first-order valence-electron chi connectivity index (χ1n) is 11.2. The van der Waals surface area contributed by atoms with Crippen molar-refractivity contribution in [3.8, 4) is 11.6 Å². The van der Waals surface area contributed by atoms with Gasteiger partial charge in [-0.1, -0.05) is 0 Å². The Bertz CT molecular complexity index is 1400. The number of aromatic nitrogens is 9. The number of aryl methyl sites for hydroxylation is 2. The molecule has 1 aliphatic heterocycles. The van der Waals surface area contributed by atoms with Crippen LogP contribution in [-0.4, -0.2) is 81.3 Å². The monoisotopic (exact) mass is 475 g/mol. The molecule has 0 saturated carbocycles. The molecule has 5 heterocycles. The molecule has 0 bridgehead atoms. The zero-order valence-electron chi connectivity index (χ0n) is 19.7. The minimum absolute atomic E-state index is 0.157. The van der Waals surface area contributed by atoms with E-state index < -0.39 is 6.04 Å². The Balaban J connectivity index is 1.28. The predicted octanol–water partition coefficient (Wildman–Crippen LogP) is 0.326. The summed E-state index contributed by atoms with van der Waals surface area (Å²) in [5.74, 6) is 1.70. The van der Waals surface area contributed by atoms with E-state index in [0.29, 0.717) is 37.8 Å². The van der Waals surface area contributed by atoms with E-state index >= 15 is 0 Å². The molecule has 35 heavy (non-hydrogen) atoms. The Morgan fingerprint density at radius 2 is 1.71 bits per heavy atom. The topological polar surface area (TPSA) is 133 Å². The Labute approximate surface area is 200 Å². The molecule has 0 N–H and O–H groups in total. The SMILES string of the molecule is Cc1cc(C)n(-c2ccc(=O)n(C(C)C(=O)N3CCN(c4cc(-n5cncn5)ncn4)CC3)n2)n1. The van der Waals surface area contributed by atoms with Gasteiger partial charge in [0.05, 0.1) is 5.69 Å². The molecule has 0 aromatic carbocycles. The lowest BCUT2D eigenvalue weighted by molar-refractivity contribution is -0.135. The van der Waals surface area contributed by atoms with E-state index in [4.69, 9.17) is 0 Å². The number of carbonyl (C=O) groups excluding carboxylic acids is 1. The lowest BCUT2D eigenvalue weighted by Gasteiger charge is -2.36. The fraction of sp³-hybridized carbons (Fsp3) is 0.364. The molecule has 4 aromatic heterocycles. The van der Waals surface area contributed by atoms with Crippen molar-refractivity contribution in [2.45, 2.75) is 26.8 Å². The summed E-state index contributed by atoms with van der Waals surface area (Å²) in [4.78, 5) is 42.2. The van der Waals surface area contributed by atoms with E-state index in [1.54, 1.807) is 33.6 Å². The van der Waals surface area contributed by atoms with Gasteiger partial charge >= 0.3 is 0 Å². The van der Waals surface area contributed by atoms with Crippen molar-refractivity contribution in [1.29, 1.82) is 0 Å². The Morgan fingerprint density at radius 1 is 0.943 bits per heavy atom. The van der Waals surface area contributed by atoms with E-state index in [1.807, 2.05) is 26.0 Å². The van der Waals surface area contributed by atoms with Gasteiger partial charge in [-0.05, 0) is 32.9 Å². The van der Waals surface area contributed by atoms with Crippen LogP contribution in [0.1, 0.15) is 24.4 Å². The minimum atomic E-state index is -0.746. The largest absolute Gasteiger partial charge is 0.353 e. The molecule has 1 unspecified atom stereocenters. The predicted molar refractivity (Wildman–Crippen MR) is 126 cm³/mol. The highest BCUT2D eigenvalue weighted by Gasteiger charge is 2.28. The summed E-state index contributed by atoms with van der Waals surface area (Å²) in [7, 11) is 0. The van der Waals surface area contributed by atoms with Crippen molar-refractivity contribution < 1.29 is 4.79 Å². The molecule has 13 heteroatoms. The average molecular weight is 476 g/mol. The zero-order valence-corrected chi connectivity index (χ0v) is 19.7. The Morgan fingerprint density at radius 3 is 2.40 bits per heavy atom. The van der Waals surface area contributed by atoms with Crippen LogP contribution in [0.15, 0.2) is 48.0 Å². The van der Waals surface area contributed by atoms with Gasteiger partial charge in [0.15, 0.2) is 11.6 Å². The van der Waals surface area contributed by atoms with Gasteiger partial charge in [0, 0.05) is 44.0 Å². The first-order valence-corrected chi connectivity index (χ1v) is 11.2. The highest BCUT2D eigenvalue weighted by molar-refractivity contribution is 5.80. The summed E-state index contributed by atoms with van der Waals surface area (Å²) < 4.78 is 4.46. The molecule has 0 aliphatic carbocycles. The molecule has 0 radical (unpaired) electrons. The van der Waals surface area contributed by atoms with Crippen molar-refractivity contribution in [2.75, 3.05) is 31.1 Å². The second-order valence-electron chi connectivity index (χ2n) is 8.38. The summed E-state index contributed by atoms with van der Waals surface area (Å²) in [5.41, 5.74) is 1.41. The Kier molecular flexibility index (Phi) is 5.81. The fourth-order valence-corrected chi connectivity index (χ4v) is 4.15. The third-order valence-electron chi connectivity index (χ3n) is 5.97. The maximum absolute atomic E-state index is 13.3. The van der Waals surface area contributed by atoms with Gasteiger partial charge in [-0.2, -0.15) is 10.2 Å². The third kappa shape index (κ3) is 4.39. The summed E-state index contributed by atoms with van der Waals surface area (Å²) in [5, 5.41) is 13.0. The van der Waals surface area contributed by atoms with E-state index in [9.17, 15) is 9.59 Å². The van der Waals surface area contributed by atoms with Gasteiger partial charge in [-0.25, -0.2) is 29.0 Å².